The number of benzene rings is 2. The molecule has 0 aliphatic heterocycles. The Kier molecular flexibility index (Phi) is 5.60. The van der Waals surface area contributed by atoms with Crippen LogP contribution in [0.3, 0.4) is 0 Å². The minimum atomic E-state index is -0.553. The van der Waals surface area contributed by atoms with E-state index in [4.69, 9.17) is 9.84 Å². The van der Waals surface area contributed by atoms with Gasteiger partial charge >= 0.3 is 0 Å². The standard InChI is InChI=1S/C18H16N4O7/c23-6-5-19-18(26)14-9-13(20-21-14)17-15(25)7-11(24)8-16(17)29-12-3-1-10(2-4-12)22(27)28/h1-4,7-9,23-25H,5-6H2,(H,19,26)(H,20,21). The van der Waals surface area contributed by atoms with E-state index in [0.717, 1.165) is 6.07 Å². The molecule has 2 aromatic carbocycles. The van der Waals surface area contributed by atoms with E-state index in [0.29, 0.717) is 0 Å². The third-order valence-electron chi connectivity index (χ3n) is 3.82. The van der Waals surface area contributed by atoms with E-state index in [1.807, 2.05) is 0 Å². The van der Waals surface area contributed by atoms with Gasteiger partial charge < -0.3 is 25.4 Å². The molecule has 1 aromatic heterocycles. The summed E-state index contributed by atoms with van der Waals surface area (Å²) in [6, 6.07) is 8.89. The Morgan fingerprint density at radius 3 is 2.59 bits per heavy atom. The maximum atomic E-state index is 12.0. The largest absolute Gasteiger partial charge is 0.508 e. The van der Waals surface area contributed by atoms with Crippen molar-refractivity contribution in [2.75, 3.05) is 13.2 Å². The predicted octanol–water partition coefficient (Wildman–Crippen LogP) is 1.91. The molecule has 0 saturated carbocycles. The van der Waals surface area contributed by atoms with Gasteiger partial charge in [-0.3, -0.25) is 20.0 Å². The smallest absolute Gasteiger partial charge is 0.269 e. The van der Waals surface area contributed by atoms with Gasteiger partial charge in [0.05, 0.1) is 17.1 Å². The van der Waals surface area contributed by atoms with Crippen molar-refractivity contribution in [3.05, 3.63) is 58.3 Å². The molecular formula is C18H16N4O7. The lowest BCUT2D eigenvalue weighted by Gasteiger charge is -2.12. The van der Waals surface area contributed by atoms with Crippen molar-refractivity contribution in [3.63, 3.8) is 0 Å². The van der Waals surface area contributed by atoms with Gasteiger partial charge in [-0.2, -0.15) is 5.10 Å². The molecule has 5 N–H and O–H groups in total. The summed E-state index contributed by atoms with van der Waals surface area (Å²) in [5.74, 6) is -0.896. The highest BCUT2D eigenvalue weighted by atomic mass is 16.6. The number of phenols is 2. The van der Waals surface area contributed by atoms with E-state index in [2.05, 4.69) is 15.5 Å². The van der Waals surface area contributed by atoms with Crippen LogP contribution >= 0.6 is 0 Å². The third-order valence-corrected chi connectivity index (χ3v) is 3.82. The van der Waals surface area contributed by atoms with Crippen molar-refractivity contribution >= 4 is 11.6 Å². The fourth-order valence-electron chi connectivity index (χ4n) is 2.52. The lowest BCUT2D eigenvalue weighted by atomic mass is 10.1. The van der Waals surface area contributed by atoms with Gasteiger partial charge in [0.15, 0.2) is 0 Å². The fourth-order valence-corrected chi connectivity index (χ4v) is 2.52. The molecule has 3 aromatic rings. The van der Waals surface area contributed by atoms with Crippen LogP contribution in [-0.2, 0) is 0 Å². The summed E-state index contributed by atoms with van der Waals surface area (Å²) in [4.78, 5) is 22.2. The third kappa shape index (κ3) is 4.42. The zero-order valence-corrected chi connectivity index (χ0v) is 14.8. The molecule has 0 bridgehead atoms. The first kappa shape index (κ1) is 19.6. The Bertz CT molecular complexity index is 1050. The van der Waals surface area contributed by atoms with Crippen molar-refractivity contribution in [2.45, 2.75) is 0 Å². The number of phenolic OH excluding ortho intramolecular Hbond substituents is 2. The predicted molar refractivity (Wildman–Crippen MR) is 99.9 cm³/mol. The molecule has 0 saturated heterocycles. The number of aromatic hydroxyl groups is 2. The molecule has 150 valence electrons. The average Bonchev–Trinajstić information content (AvgIpc) is 3.15. The van der Waals surface area contributed by atoms with Crippen molar-refractivity contribution in [1.29, 1.82) is 0 Å². The number of nitrogens with zero attached hydrogens (tertiary/aromatic N) is 2. The zero-order chi connectivity index (χ0) is 21.0. The molecule has 11 heteroatoms. The average molecular weight is 400 g/mol. The first-order chi connectivity index (χ1) is 13.9. The molecule has 0 fully saturated rings. The molecule has 1 heterocycles. The molecule has 11 nitrogen and oxygen atoms in total. The minimum Gasteiger partial charge on any atom is -0.508 e. The summed E-state index contributed by atoms with van der Waals surface area (Å²) >= 11 is 0. The number of carbonyl (C=O) groups excluding carboxylic acids is 1. The van der Waals surface area contributed by atoms with Gasteiger partial charge in [0, 0.05) is 30.8 Å². The number of H-pyrrole nitrogens is 1. The highest BCUT2D eigenvalue weighted by molar-refractivity contribution is 5.93. The van der Waals surface area contributed by atoms with Crippen LogP contribution in [0.1, 0.15) is 10.5 Å². The fraction of sp³-hybridized carbons (Fsp3) is 0.111. The molecule has 0 aliphatic carbocycles. The Balaban J connectivity index is 1.94. The van der Waals surface area contributed by atoms with Gasteiger partial charge in [0.25, 0.3) is 11.6 Å². The van der Waals surface area contributed by atoms with Crippen LogP contribution < -0.4 is 10.1 Å². The molecule has 0 radical (unpaired) electrons. The number of carbonyl (C=O) groups is 1. The van der Waals surface area contributed by atoms with Gasteiger partial charge in [0.1, 0.15) is 34.4 Å². The van der Waals surface area contributed by atoms with Crippen LogP contribution in [0.15, 0.2) is 42.5 Å². The number of aliphatic hydroxyl groups is 1. The summed E-state index contributed by atoms with van der Waals surface area (Å²) in [6.45, 7) is -0.162. The number of aliphatic hydroxyl groups excluding tert-OH is 1. The Labute approximate surface area is 163 Å². The monoisotopic (exact) mass is 400 g/mol. The second kappa shape index (κ2) is 8.27. The summed E-state index contributed by atoms with van der Waals surface area (Å²) in [6.07, 6.45) is 0. The Morgan fingerprint density at radius 2 is 1.93 bits per heavy atom. The van der Waals surface area contributed by atoms with Crippen molar-refractivity contribution < 1.29 is 29.8 Å². The normalized spacial score (nSPS) is 10.5. The second-order valence-electron chi connectivity index (χ2n) is 5.84. The number of nitro groups is 1. The zero-order valence-electron chi connectivity index (χ0n) is 14.8. The van der Waals surface area contributed by atoms with E-state index in [9.17, 15) is 25.1 Å². The number of nitrogens with one attached hydrogen (secondary N) is 2. The van der Waals surface area contributed by atoms with Crippen LogP contribution in [0, 0.1) is 10.1 Å². The highest BCUT2D eigenvalue weighted by Gasteiger charge is 2.19. The maximum absolute atomic E-state index is 12.0. The second-order valence-corrected chi connectivity index (χ2v) is 5.84. The molecule has 0 unspecified atom stereocenters. The number of rotatable bonds is 7. The van der Waals surface area contributed by atoms with E-state index < -0.39 is 10.8 Å². The number of hydrogen-bond donors (Lipinski definition) is 5. The van der Waals surface area contributed by atoms with Crippen LogP contribution in [-0.4, -0.2) is 49.5 Å². The molecule has 1 amide bonds. The quantitative estimate of drug-likeness (QED) is 0.296. The van der Waals surface area contributed by atoms with Gasteiger partial charge in [-0.15, -0.1) is 0 Å². The molecule has 0 aliphatic rings. The topological polar surface area (TPSA) is 171 Å². The number of non-ortho nitro benzene ring substituents is 1. The number of hydrogen-bond acceptors (Lipinski definition) is 8. The Morgan fingerprint density at radius 1 is 1.21 bits per heavy atom. The first-order valence-electron chi connectivity index (χ1n) is 8.32. The lowest BCUT2D eigenvalue weighted by molar-refractivity contribution is -0.384. The number of nitro benzene ring substituents is 1. The van der Waals surface area contributed by atoms with Gasteiger partial charge in [-0.05, 0) is 18.2 Å². The number of aromatic nitrogens is 2. The Hall–Kier alpha value is -4.12. The van der Waals surface area contributed by atoms with Crippen LogP contribution in [0.25, 0.3) is 11.3 Å². The lowest BCUT2D eigenvalue weighted by Crippen LogP contribution is -2.26. The summed E-state index contributed by atoms with van der Waals surface area (Å²) in [5.41, 5.74) is 0.219. The minimum absolute atomic E-state index is 0.0187. The van der Waals surface area contributed by atoms with Crippen LogP contribution in [0.2, 0.25) is 0 Å². The molecule has 3 rings (SSSR count). The van der Waals surface area contributed by atoms with Crippen LogP contribution in [0.4, 0.5) is 5.69 Å². The molecule has 0 atom stereocenters. The van der Waals surface area contributed by atoms with Crippen LogP contribution in [0.5, 0.6) is 23.0 Å². The highest BCUT2D eigenvalue weighted by Crippen LogP contribution is 2.42. The van der Waals surface area contributed by atoms with E-state index in [1.165, 1.54) is 36.4 Å². The summed E-state index contributed by atoms with van der Waals surface area (Å²) in [7, 11) is 0. The van der Waals surface area contributed by atoms with E-state index in [1.54, 1.807) is 0 Å². The maximum Gasteiger partial charge on any atom is 0.269 e. The molecular weight excluding hydrogens is 384 g/mol. The number of amides is 1. The van der Waals surface area contributed by atoms with Gasteiger partial charge in [0.2, 0.25) is 0 Å². The van der Waals surface area contributed by atoms with E-state index in [-0.39, 0.29) is 58.8 Å². The summed E-state index contributed by atoms with van der Waals surface area (Å²) < 4.78 is 5.66. The number of aromatic amines is 1. The summed E-state index contributed by atoms with van der Waals surface area (Å²) in [5, 5.41) is 48.6. The number of ether oxygens (including phenoxy) is 1. The van der Waals surface area contributed by atoms with Crippen molar-refractivity contribution in [1.82, 2.24) is 15.5 Å². The van der Waals surface area contributed by atoms with Gasteiger partial charge in [-0.25, -0.2) is 0 Å². The van der Waals surface area contributed by atoms with Crippen molar-refractivity contribution in [2.24, 2.45) is 0 Å². The molecule has 29 heavy (non-hydrogen) atoms. The SMILES string of the molecule is O=C(NCCO)c1cc(-c2c(O)cc(O)cc2Oc2ccc([N+](=O)[O-])cc2)n[nH]1. The van der Waals surface area contributed by atoms with E-state index >= 15 is 0 Å². The van der Waals surface area contributed by atoms with Crippen molar-refractivity contribution in [3.8, 4) is 34.3 Å². The molecule has 0 spiro atoms. The van der Waals surface area contributed by atoms with Gasteiger partial charge in [-0.1, -0.05) is 0 Å². The first-order valence-corrected chi connectivity index (χ1v) is 8.32.